The van der Waals surface area contributed by atoms with Crippen LogP contribution in [0.1, 0.15) is 51.9 Å². The van der Waals surface area contributed by atoms with E-state index in [-0.39, 0.29) is 5.41 Å². The Bertz CT molecular complexity index is 300. The van der Waals surface area contributed by atoms with Crippen molar-refractivity contribution in [3.63, 3.8) is 0 Å². The van der Waals surface area contributed by atoms with Crippen molar-refractivity contribution in [2.75, 3.05) is 32.8 Å². The van der Waals surface area contributed by atoms with Crippen LogP contribution in [0.25, 0.3) is 0 Å². The molecular formula is C16H28N2O. The first-order valence-electron chi connectivity index (χ1n) is 7.99. The fourth-order valence-corrected chi connectivity index (χ4v) is 3.24. The minimum atomic E-state index is -0.0892. The summed E-state index contributed by atoms with van der Waals surface area (Å²) >= 11 is 0. The second-order valence-electron chi connectivity index (χ2n) is 6.30. The molecule has 0 radical (unpaired) electrons. The SMILES string of the molecule is CCN(CCCC1(C#N)CCOCC1)CC1CCC1. The van der Waals surface area contributed by atoms with Crippen molar-refractivity contribution >= 4 is 0 Å². The summed E-state index contributed by atoms with van der Waals surface area (Å²) in [6.45, 7) is 7.39. The van der Waals surface area contributed by atoms with E-state index in [1.165, 1.54) is 25.8 Å². The van der Waals surface area contributed by atoms with Crippen molar-refractivity contribution in [2.45, 2.75) is 51.9 Å². The van der Waals surface area contributed by atoms with Gasteiger partial charge in [0.05, 0.1) is 11.5 Å². The summed E-state index contributed by atoms with van der Waals surface area (Å²) < 4.78 is 5.39. The van der Waals surface area contributed by atoms with Gasteiger partial charge in [0.25, 0.3) is 0 Å². The number of hydrogen-bond acceptors (Lipinski definition) is 3. The van der Waals surface area contributed by atoms with Gasteiger partial charge in [-0.25, -0.2) is 0 Å². The van der Waals surface area contributed by atoms with Gasteiger partial charge in [0.1, 0.15) is 0 Å². The molecule has 1 aliphatic carbocycles. The lowest BCUT2D eigenvalue weighted by atomic mass is 9.78. The molecule has 1 saturated heterocycles. The minimum absolute atomic E-state index is 0.0892. The Morgan fingerprint density at radius 1 is 1.32 bits per heavy atom. The zero-order chi connectivity index (χ0) is 13.6. The van der Waals surface area contributed by atoms with Crippen LogP contribution in [0.2, 0.25) is 0 Å². The van der Waals surface area contributed by atoms with Crippen LogP contribution in [0.3, 0.4) is 0 Å². The maximum atomic E-state index is 9.44. The third kappa shape index (κ3) is 4.19. The van der Waals surface area contributed by atoms with Crippen molar-refractivity contribution in [3.05, 3.63) is 0 Å². The van der Waals surface area contributed by atoms with E-state index in [1.807, 2.05) is 0 Å². The first kappa shape index (κ1) is 14.8. The molecule has 1 saturated carbocycles. The van der Waals surface area contributed by atoms with Crippen LogP contribution >= 0.6 is 0 Å². The number of nitrogens with zero attached hydrogens (tertiary/aromatic N) is 2. The summed E-state index contributed by atoms with van der Waals surface area (Å²) in [6.07, 6.45) is 8.35. The van der Waals surface area contributed by atoms with Gasteiger partial charge >= 0.3 is 0 Å². The van der Waals surface area contributed by atoms with Gasteiger partial charge in [-0.2, -0.15) is 5.26 Å². The molecule has 3 heteroatoms. The topological polar surface area (TPSA) is 36.3 Å². The van der Waals surface area contributed by atoms with E-state index < -0.39 is 0 Å². The lowest BCUT2D eigenvalue weighted by molar-refractivity contribution is 0.0346. The number of hydrogen-bond donors (Lipinski definition) is 0. The van der Waals surface area contributed by atoms with Crippen LogP contribution in [0.4, 0.5) is 0 Å². The summed E-state index contributed by atoms with van der Waals surface area (Å²) in [7, 11) is 0. The van der Waals surface area contributed by atoms with Crippen molar-refractivity contribution in [1.29, 1.82) is 5.26 Å². The van der Waals surface area contributed by atoms with Gasteiger partial charge in [-0.3, -0.25) is 0 Å². The number of nitriles is 1. The van der Waals surface area contributed by atoms with Crippen molar-refractivity contribution < 1.29 is 4.74 Å². The molecule has 0 unspecified atom stereocenters. The Labute approximate surface area is 117 Å². The molecule has 1 heterocycles. The summed E-state index contributed by atoms with van der Waals surface area (Å²) in [5.41, 5.74) is -0.0892. The molecule has 19 heavy (non-hydrogen) atoms. The first-order valence-corrected chi connectivity index (χ1v) is 7.99. The van der Waals surface area contributed by atoms with E-state index in [9.17, 15) is 5.26 Å². The zero-order valence-electron chi connectivity index (χ0n) is 12.4. The highest BCUT2D eigenvalue weighted by Gasteiger charge is 2.32. The molecule has 0 aromatic carbocycles. The largest absolute Gasteiger partial charge is 0.381 e. The maximum Gasteiger partial charge on any atom is 0.0691 e. The molecule has 2 aliphatic rings. The molecule has 0 amide bonds. The zero-order valence-corrected chi connectivity index (χ0v) is 12.4. The van der Waals surface area contributed by atoms with E-state index in [4.69, 9.17) is 4.74 Å². The van der Waals surface area contributed by atoms with Crippen LogP contribution in [-0.2, 0) is 4.74 Å². The number of rotatable bonds is 7. The summed E-state index contributed by atoms with van der Waals surface area (Å²) in [5, 5.41) is 9.44. The van der Waals surface area contributed by atoms with E-state index in [1.54, 1.807) is 0 Å². The van der Waals surface area contributed by atoms with E-state index in [2.05, 4.69) is 17.9 Å². The highest BCUT2D eigenvalue weighted by molar-refractivity contribution is 5.00. The van der Waals surface area contributed by atoms with Gasteiger partial charge in [0, 0.05) is 19.8 Å². The first-order chi connectivity index (χ1) is 9.28. The Kier molecular flexibility index (Phi) is 5.66. The van der Waals surface area contributed by atoms with Crippen LogP contribution < -0.4 is 0 Å². The van der Waals surface area contributed by atoms with Crippen LogP contribution in [0, 0.1) is 22.7 Å². The van der Waals surface area contributed by atoms with Crippen molar-refractivity contribution in [3.8, 4) is 6.07 Å². The third-order valence-corrected chi connectivity index (χ3v) is 5.01. The van der Waals surface area contributed by atoms with Crippen molar-refractivity contribution in [1.82, 2.24) is 4.90 Å². The van der Waals surface area contributed by atoms with Crippen LogP contribution in [-0.4, -0.2) is 37.7 Å². The molecule has 0 bridgehead atoms. The fraction of sp³-hybridized carbons (Fsp3) is 0.938. The molecule has 0 aromatic rings. The molecule has 2 rings (SSSR count). The average Bonchev–Trinajstić information content (AvgIpc) is 2.41. The van der Waals surface area contributed by atoms with Gasteiger partial charge in [0.2, 0.25) is 0 Å². The average molecular weight is 264 g/mol. The second-order valence-corrected chi connectivity index (χ2v) is 6.30. The summed E-state index contributed by atoms with van der Waals surface area (Å²) in [6, 6.07) is 2.57. The minimum Gasteiger partial charge on any atom is -0.381 e. The molecule has 1 aliphatic heterocycles. The van der Waals surface area contributed by atoms with Crippen molar-refractivity contribution in [2.24, 2.45) is 11.3 Å². The number of ether oxygens (including phenoxy) is 1. The van der Waals surface area contributed by atoms with E-state index in [0.717, 1.165) is 57.9 Å². The maximum absolute atomic E-state index is 9.44. The molecule has 0 aromatic heterocycles. The molecular weight excluding hydrogens is 236 g/mol. The molecule has 0 N–H and O–H groups in total. The lowest BCUT2D eigenvalue weighted by Crippen LogP contribution is -2.34. The van der Waals surface area contributed by atoms with Gasteiger partial charge in [-0.15, -0.1) is 0 Å². The lowest BCUT2D eigenvalue weighted by Gasteiger charge is -2.34. The monoisotopic (exact) mass is 264 g/mol. The predicted octanol–water partition coefficient (Wildman–Crippen LogP) is 3.21. The Hall–Kier alpha value is -0.590. The van der Waals surface area contributed by atoms with Crippen LogP contribution in [0.15, 0.2) is 0 Å². The van der Waals surface area contributed by atoms with E-state index >= 15 is 0 Å². The quantitative estimate of drug-likeness (QED) is 0.708. The van der Waals surface area contributed by atoms with Gasteiger partial charge in [-0.05, 0) is 57.5 Å². The molecule has 0 spiro atoms. The van der Waals surface area contributed by atoms with Crippen LogP contribution in [0.5, 0.6) is 0 Å². The normalized spacial score (nSPS) is 23.0. The smallest absolute Gasteiger partial charge is 0.0691 e. The Morgan fingerprint density at radius 2 is 2.05 bits per heavy atom. The fourth-order valence-electron chi connectivity index (χ4n) is 3.24. The van der Waals surface area contributed by atoms with Gasteiger partial charge < -0.3 is 9.64 Å². The highest BCUT2D eigenvalue weighted by Crippen LogP contribution is 2.34. The van der Waals surface area contributed by atoms with E-state index in [0.29, 0.717) is 0 Å². The molecule has 108 valence electrons. The Morgan fingerprint density at radius 3 is 2.58 bits per heavy atom. The summed E-state index contributed by atoms with van der Waals surface area (Å²) in [4.78, 5) is 2.58. The summed E-state index contributed by atoms with van der Waals surface area (Å²) in [5.74, 6) is 0.952. The third-order valence-electron chi connectivity index (χ3n) is 5.01. The van der Waals surface area contributed by atoms with Gasteiger partial charge in [0.15, 0.2) is 0 Å². The predicted molar refractivity (Wildman–Crippen MR) is 76.8 cm³/mol. The standard InChI is InChI=1S/C16H28N2O/c1-2-18(13-15-5-3-6-15)10-4-7-16(14-17)8-11-19-12-9-16/h15H,2-13H2,1H3. The molecule has 2 fully saturated rings. The Balaban J connectivity index is 1.69. The highest BCUT2D eigenvalue weighted by atomic mass is 16.5. The van der Waals surface area contributed by atoms with Gasteiger partial charge in [-0.1, -0.05) is 13.3 Å². The molecule has 3 nitrogen and oxygen atoms in total. The molecule has 0 atom stereocenters. The second kappa shape index (κ2) is 7.26.